The fraction of sp³-hybridized carbons (Fsp3) is 0.310. The molecule has 0 bridgehead atoms. The third-order valence-corrected chi connectivity index (χ3v) is 7.70. The Kier molecular flexibility index (Phi) is 10.9. The van der Waals surface area contributed by atoms with Crippen molar-refractivity contribution in [3.8, 4) is 0 Å². The molecule has 0 aromatic heterocycles. The summed E-state index contributed by atoms with van der Waals surface area (Å²) in [6.07, 6.45) is 2.84. The van der Waals surface area contributed by atoms with Gasteiger partial charge in [0.25, 0.3) is 0 Å². The molecule has 39 heavy (non-hydrogen) atoms. The highest BCUT2D eigenvalue weighted by Crippen LogP contribution is 2.23. The van der Waals surface area contributed by atoms with Gasteiger partial charge in [-0.15, -0.1) is 0 Å². The van der Waals surface area contributed by atoms with Crippen molar-refractivity contribution in [2.45, 2.75) is 38.8 Å². The highest BCUT2D eigenvalue weighted by Gasteiger charge is 2.33. The van der Waals surface area contributed by atoms with E-state index in [1.807, 2.05) is 37.3 Å². The predicted octanol–water partition coefficient (Wildman–Crippen LogP) is 4.80. The summed E-state index contributed by atoms with van der Waals surface area (Å²) in [6.45, 7) is 1.86. The number of anilines is 1. The molecule has 10 heteroatoms. The third-order valence-electron chi connectivity index (χ3n) is 6.19. The number of sulfonamides is 1. The van der Waals surface area contributed by atoms with E-state index in [1.54, 1.807) is 24.3 Å². The Labute approximate surface area is 234 Å². The van der Waals surface area contributed by atoms with Crippen LogP contribution >= 0.6 is 11.6 Å². The van der Waals surface area contributed by atoms with E-state index in [1.165, 1.54) is 17.0 Å². The number of unbranched alkanes of at least 4 members (excludes halogenated alkanes) is 1. The molecule has 0 spiro atoms. The highest BCUT2D eigenvalue weighted by molar-refractivity contribution is 7.92. The molecule has 0 saturated carbocycles. The zero-order chi connectivity index (χ0) is 28.4. The molecule has 1 N–H and O–H groups in total. The summed E-state index contributed by atoms with van der Waals surface area (Å²) in [7, 11) is -3.93. The van der Waals surface area contributed by atoms with E-state index in [-0.39, 0.29) is 24.6 Å². The van der Waals surface area contributed by atoms with Crippen LogP contribution in [0.4, 0.5) is 10.1 Å². The first kappa shape index (κ1) is 30.1. The largest absolute Gasteiger partial charge is 0.354 e. The average molecular weight is 574 g/mol. The molecule has 0 saturated heterocycles. The predicted molar refractivity (Wildman–Crippen MR) is 152 cm³/mol. The van der Waals surface area contributed by atoms with Crippen LogP contribution in [0.15, 0.2) is 78.9 Å². The summed E-state index contributed by atoms with van der Waals surface area (Å²) in [4.78, 5) is 28.8. The van der Waals surface area contributed by atoms with Gasteiger partial charge < -0.3 is 10.2 Å². The first-order valence-electron chi connectivity index (χ1n) is 12.7. The van der Waals surface area contributed by atoms with E-state index in [0.717, 1.165) is 41.1 Å². The van der Waals surface area contributed by atoms with Crippen molar-refractivity contribution in [1.82, 2.24) is 10.2 Å². The molecule has 3 aromatic rings. The minimum Gasteiger partial charge on any atom is -0.354 e. The summed E-state index contributed by atoms with van der Waals surface area (Å²) >= 11 is 6.43. The van der Waals surface area contributed by atoms with Crippen molar-refractivity contribution in [2.24, 2.45) is 0 Å². The van der Waals surface area contributed by atoms with Crippen molar-refractivity contribution < 1.29 is 22.4 Å². The molecule has 208 valence electrons. The summed E-state index contributed by atoms with van der Waals surface area (Å²) < 4.78 is 39.9. The summed E-state index contributed by atoms with van der Waals surface area (Å²) in [6, 6.07) is 20.2. The Morgan fingerprint density at radius 1 is 0.974 bits per heavy atom. The van der Waals surface area contributed by atoms with E-state index in [2.05, 4.69) is 5.32 Å². The monoisotopic (exact) mass is 573 g/mol. The highest BCUT2D eigenvalue weighted by atomic mass is 35.5. The van der Waals surface area contributed by atoms with Gasteiger partial charge in [-0.25, -0.2) is 12.8 Å². The Hall–Kier alpha value is -3.43. The van der Waals surface area contributed by atoms with E-state index in [0.29, 0.717) is 17.1 Å². The van der Waals surface area contributed by atoms with Gasteiger partial charge in [-0.1, -0.05) is 73.5 Å². The molecule has 0 aliphatic rings. The second-order valence-electron chi connectivity index (χ2n) is 9.21. The van der Waals surface area contributed by atoms with Crippen LogP contribution in [0.3, 0.4) is 0 Å². The molecule has 2 amide bonds. The van der Waals surface area contributed by atoms with Gasteiger partial charge in [0.05, 0.1) is 11.9 Å². The van der Waals surface area contributed by atoms with Crippen LogP contribution in [0.25, 0.3) is 0 Å². The standard InChI is InChI=1S/C29H33ClFN3O4S/c1-3-4-18-32-29(36)27(19-22-10-6-5-7-11-22)33(20-23-12-8-9-13-26(23)30)28(35)21-34(39(2,37)38)25-16-14-24(31)15-17-25/h5-17,27H,3-4,18-21H2,1-2H3,(H,32,36)/t27-/m1/s1. The van der Waals surface area contributed by atoms with Crippen molar-refractivity contribution in [3.05, 3.63) is 101 Å². The number of hydrogen-bond donors (Lipinski definition) is 1. The van der Waals surface area contributed by atoms with E-state index in [4.69, 9.17) is 11.6 Å². The van der Waals surface area contributed by atoms with E-state index in [9.17, 15) is 22.4 Å². The molecule has 3 aromatic carbocycles. The van der Waals surface area contributed by atoms with Gasteiger partial charge in [0.1, 0.15) is 18.4 Å². The summed E-state index contributed by atoms with van der Waals surface area (Å²) in [5, 5.41) is 3.34. The number of carbonyl (C=O) groups is 2. The molecule has 0 aliphatic heterocycles. The van der Waals surface area contributed by atoms with Gasteiger partial charge in [-0.2, -0.15) is 0 Å². The third kappa shape index (κ3) is 8.80. The Bertz CT molecular complexity index is 1350. The number of hydrogen-bond acceptors (Lipinski definition) is 4. The molecule has 1 atom stereocenters. The van der Waals surface area contributed by atoms with Gasteiger partial charge in [0, 0.05) is 24.5 Å². The molecular formula is C29H33ClFN3O4S. The Balaban J connectivity index is 2.03. The minimum absolute atomic E-state index is 0.0157. The Morgan fingerprint density at radius 2 is 1.62 bits per heavy atom. The quantitative estimate of drug-likeness (QED) is 0.298. The topological polar surface area (TPSA) is 86.8 Å². The van der Waals surface area contributed by atoms with Crippen LogP contribution in [-0.4, -0.2) is 50.5 Å². The molecule has 0 fully saturated rings. The maximum Gasteiger partial charge on any atom is 0.244 e. The van der Waals surface area contributed by atoms with Crippen molar-refractivity contribution >= 4 is 39.1 Å². The Morgan fingerprint density at radius 3 is 2.23 bits per heavy atom. The van der Waals surface area contributed by atoms with Gasteiger partial charge in [-0.3, -0.25) is 13.9 Å². The molecule has 3 rings (SSSR count). The lowest BCUT2D eigenvalue weighted by atomic mass is 10.0. The summed E-state index contributed by atoms with van der Waals surface area (Å²) in [5.74, 6) is -1.48. The fourth-order valence-corrected chi connectivity index (χ4v) is 5.14. The molecule has 7 nitrogen and oxygen atoms in total. The van der Waals surface area contributed by atoms with E-state index >= 15 is 0 Å². The van der Waals surface area contributed by atoms with E-state index < -0.39 is 34.3 Å². The van der Waals surface area contributed by atoms with Gasteiger partial charge in [-0.05, 0) is 47.9 Å². The van der Waals surface area contributed by atoms with Gasteiger partial charge in [0.15, 0.2) is 0 Å². The number of amides is 2. The maximum absolute atomic E-state index is 13.9. The van der Waals surface area contributed by atoms with Crippen LogP contribution in [0.2, 0.25) is 5.02 Å². The minimum atomic E-state index is -3.93. The number of halogens is 2. The number of rotatable bonds is 13. The lowest BCUT2D eigenvalue weighted by Crippen LogP contribution is -2.53. The van der Waals surface area contributed by atoms with Crippen molar-refractivity contribution in [1.29, 1.82) is 0 Å². The average Bonchev–Trinajstić information content (AvgIpc) is 2.91. The molecule has 0 unspecified atom stereocenters. The first-order valence-corrected chi connectivity index (χ1v) is 14.9. The molecule has 0 radical (unpaired) electrons. The maximum atomic E-state index is 13.9. The SMILES string of the molecule is CCCCNC(=O)[C@@H](Cc1ccccc1)N(Cc1ccccc1Cl)C(=O)CN(c1ccc(F)cc1)S(C)(=O)=O. The van der Waals surface area contributed by atoms with Crippen molar-refractivity contribution in [2.75, 3.05) is 23.7 Å². The zero-order valence-electron chi connectivity index (χ0n) is 22.0. The normalized spacial score (nSPS) is 12.0. The smallest absolute Gasteiger partial charge is 0.244 e. The second-order valence-corrected chi connectivity index (χ2v) is 11.5. The molecule has 0 heterocycles. The lowest BCUT2D eigenvalue weighted by molar-refractivity contribution is -0.140. The first-order chi connectivity index (χ1) is 18.6. The van der Waals surface area contributed by atoms with Crippen LogP contribution < -0.4 is 9.62 Å². The second kappa shape index (κ2) is 14.1. The molecule has 0 aliphatic carbocycles. The lowest BCUT2D eigenvalue weighted by Gasteiger charge is -2.33. The van der Waals surface area contributed by atoms with Gasteiger partial charge in [0.2, 0.25) is 21.8 Å². The van der Waals surface area contributed by atoms with Crippen LogP contribution in [0.5, 0.6) is 0 Å². The van der Waals surface area contributed by atoms with Crippen LogP contribution in [-0.2, 0) is 32.6 Å². The zero-order valence-corrected chi connectivity index (χ0v) is 23.6. The summed E-state index contributed by atoms with van der Waals surface area (Å²) in [5.41, 5.74) is 1.58. The number of nitrogens with one attached hydrogen (secondary N) is 1. The number of nitrogens with zero attached hydrogens (tertiary/aromatic N) is 2. The van der Waals surface area contributed by atoms with Gasteiger partial charge >= 0.3 is 0 Å². The number of carbonyl (C=O) groups excluding carboxylic acids is 2. The number of benzene rings is 3. The van der Waals surface area contributed by atoms with Crippen LogP contribution in [0.1, 0.15) is 30.9 Å². The fourth-order valence-electron chi connectivity index (χ4n) is 4.09. The molecular weight excluding hydrogens is 541 g/mol. The van der Waals surface area contributed by atoms with Crippen molar-refractivity contribution in [3.63, 3.8) is 0 Å². The van der Waals surface area contributed by atoms with Crippen LogP contribution in [0, 0.1) is 5.82 Å².